The molecular weight excluding hydrogens is 270 g/mol. The quantitative estimate of drug-likeness (QED) is 0.647. The van der Waals surface area contributed by atoms with Gasteiger partial charge in [-0.15, -0.1) is 0 Å². The van der Waals surface area contributed by atoms with Crippen LogP contribution in [0.5, 0.6) is 0 Å². The van der Waals surface area contributed by atoms with Crippen LogP contribution in [0.4, 0.5) is 0 Å². The van der Waals surface area contributed by atoms with Crippen LogP contribution < -0.4 is 0 Å². The van der Waals surface area contributed by atoms with Gasteiger partial charge in [0.15, 0.2) is 0 Å². The number of likely N-dealkylation sites (tertiary alicyclic amines) is 1. The molecule has 1 aliphatic carbocycles. The van der Waals surface area contributed by atoms with E-state index in [9.17, 15) is 0 Å². The molecule has 0 radical (unpaired) electrons. The monoisotopic (exact) mass is 309 g/mol. The Kier molecular flexibility index (Phi) is 7.70. The minimum absolute atomic E-state index is 0.398. The van der Waals surface area contributed by atoms with Crippen molar-refractivity contribution in [3.8, 4) is 0 Å². The van der Waals surface area contributed by atoms with Crippen LogP contribution in [0.3, 0.4) is 0 Å². The molecule has 1 saturated heterocycles. The predicted octanol–water partition coefficient (Wildman–Crippen LogP) is 5.12. The normalized spacial score (nSPS) is 28.6. The maximum Gasteiger partial charge on any atom is 0.0578 e. The molecule has 22 heavy (non-hydrogen) atoms. The zero-order chi connectivity index (χ0) is 15.9. The summed E-state index contributed by atoms with van der Waals surface area (Å²) in [6, 6.07) is 0. The lowest BCUT2D eigenvalue weighted by molar-refractivity contribution is -0.0205. The fourth-order valence-corrected chi connectivity index (χ4v) is 4.39. The van der Waals surface area contributed by atoms with E-state index in [0.29, 0.717) is 12.2 Å². The Labute approximate surface area is 139 Å². The van der Waals surface area contributed by atoms with Crippen LogP contribution >= 0.6 is 0 Å². The van der Waals surface area contributed by atoms with Crippen LogP contribution in [0.15, 0.2) is 0 Å². The molecule has 2 fully saturated rings. The number of nitrogens with zero attached hydrogens (tertiary/aromatic N) is 1. The van der Waals surface area contributed by atoms with E-state index in [0.717, 1.165) is 17.8 Å². The van der Waals surface area contributed by atoms with Gasteiger partial charge in [0.05, 0.1) is 12.2 Å². The van der Waals surface area contributed by atoms with E-state index in [1.807, 2.05) is 0 Å². The van der Waals surface area contributed by atoms with Crippen LogP contribution in [0.25, 0.3) is 0 Å². The summed E-state index contributed by atoms with van der Waals surface area (Å²) in [7, 11) is 0. The molecule has 2 heteroatoms. The molecule has 0 aromatic heterocycles. The van der Waals surface area contributed by atoms with E-state index < -0.39 is 0 Å². The van der Waals surface area contributed by atoms with E-state index in [1.54, 1.807) is 0 Å². The molecule has 2 rings (SSSR count). The van der Waals surface area contributed by atoms with Crippen molar-refractivity contribution in [1.82, 2.24) is 4.90 Å². The van der Waals surface area contributed by atoms with Crippen LogP contribution in [-0.4, -0.2) is 36.7 Å². The Morgan fingerprint density at radius 2 is 1.55 bits per heavy atom. The summed E-state index contributed by atoms with van der Waals surface area (Å²) in [5, 5.41) is 0. The van der Waals surface area contributed by atoms with Crippen LogP contribution in [0.1, 0.15) is 79.1 Å². The van der Waals surface area contributed by atoms with Crippen LogP contribution in [-0.2, 0) is 4.74 Å². The molecule has 0 amide bonds. The molecule has 0 aromatic rings. The second-order valence-corrected chi connectivity index (χ2v) is 8.39. The number of piperidine rings is 1. The summed E-state index contributed by atoms with van der Waals surface area (Å²) in [5.41, 5.74) is 0. The lowest BCUT2D eigenvalue weighted by Crippen LogP contribution is -2.36. The number of hydrogen-bond donors (Lipinski definition) is 0. The largest absolute Gasteiger partial charge is 0.376 e. The lowest BCUT2D eigenvalue weighted by Gasteiger charge is -2.34. The van der Waals surface area contributed by atoms with Crippen molar-refractivity contribution < 1.29 is 4.74 Å². The molecule has 2 nitrogen and oxygen atoms in total. The average molecular weight is 310 g/mol. The molecule has 2 aliphatic rings. The van der Waals surface area contributed by atoms with E-state index >= 15 is 0 Å². The molecule has 130 valence electrons. The lowest BCUT2D eigenvalue weighted by atomic mass is 9.84. The van der Waals surface area contributed by atoms with Crippen LogP contribution in [0, 0.1) is 17.8 Å². The summed E-state index contributed by atoms with van der Waals surface area (Å²) < 4.78 is 5.96. The van der Waals surface area contributed by atoms with Crippen molar-refractivity contribution in [3.63, 3.8) is 0 Å². The minimum atomic E-state index is 0.398. The fraction of sp³-hybridized carbons (Fsp3) is 1.00. The molecular formula is C20H39NO. The van der Waals surface area contributed by atoms with E-state index in [1.165, 1.54) is 71.0 Å². The highest BCUT2D eigenvalue weighted by atomic mass is 16.5. The first kappa shape index (κ1) is 18.3. The third kappa shape index (κ3) is 6.20. The second kappa shape index (κ2) is 9.27. The highest BCUT2D eigenvalue weighted by Crippen LogP contribution is 2.30. The molecule has 0 atom stereocenters. The van der Waals surface area contributed by atoms with Gasteiger partial charge in [-0.3, -0.25) is 0 Å². The first-order valence-corrected chi connectivity index (χ1v) is 9.92. The van der Waals surface area contributed by atoms with Gasteiger partial charge in [0, 0.05) is 0 Å². The van der Waals surface area contributed by atoms with Gasteiger partial charge >= 0.3 is 0 Å². The van der Waals surface area contributed by atoms with Gasteiger partial charge in [-0.25, -0.2) is 0 Å². The number of hydrogen-bond acceptors (Lipinski definition) is 2. The first-order chi connectivity index (χ1) is 10.5. The Balaban J connectivity index is 1.53. The van der Waals surface area contributed by atoms with E-state index in [2.05, 4.69) is 32.6 Å². The third-order valence-electron chi connectivity index (χ3n) is 5.92. The summed E-state index contributed by atoms with van der Waals surface area (Å²) in [4.78, 5) is 2.71. The maximum atomic E-state index is 5.96. The topological polar surface area (TPSA) is 12.5 Å². The van der Waals surface area contributed by atoms with Crippen molar-refractivity contribution in [3.05, 3.63) is 0 Å². The Morgan fingerprint density at radius 1 is 0.909 bits per heavy atom. The predicted molar refractivity (Wildman–Crippen MR) is 95.2 cm³/mol. The van der Waals surface area contributed by atoms with Gasteiger partial charge in [0.1, 0.15) is 0 Å². The fourth-order valence-electron chi connectivity index (χ4n) is 4.39. The summed E-state index contributed by atoms with van der Waals surface area (Å²) in [6.45, 7) is 13.1. The highest BCUT2D eigenvalue weighted by molar-refractivity contribution is 4.76. The number of rotatable bonds is 7. The second-order valence-electron chi connectivity index (χ2n) is 8.39. The molecule has 0 bridgehead atoms. The minimum Gasteiger partial charge on any atom is -0.376 e. The summed E-state index contributed by atoms with van der Waals surface area (Å²) >= 11 is 0. The van der Waals surface area contributed by atoms with E-state index in [-0.39, 0.29) is 0 Å². The zero-order valence-electron chi connectivity index (χ0n) is 15.5. The van der Waals surface area contributed by atoms with Crippen molar-refractivity contribution in [2.24, 2.45) is 17.8 Å². The first-order valence-electron chi connectivity index (χ1n) is 9.92. The van der Waals surface area contributed by atoms with Gasteiger partial charge < -0.3 is 9.64 Å². The van der Waals surface area contributed by atoms with E-state index in [4.69, 9.17) is 4.74 Å². The summed E-state index contributed by atoms with van der Waals surface area (Å²) in [5.74, 6) is 2.83. The molecule has 0 unspecified atom stereocenters. The van der Waals surface area contributed by atoms with Crippen LogP contribution in [0.2, 0.25) is 0 Å². The Morgan fingerprint density at radius 3 is 2.09 bits per heavy atom. The van der Waals surface area contributed by atoms with Gasteiger partial charge in [-0.1, -0.05) is 13.8 Å². The standard InChI is InChI=1S/C20H39NO/c1-16(2)19-11-14-21(15-12-19)13-5-6-18-7-9-20(10-8-18)22-17(3)4/h16-20H,5-15H2,1-4H3. The average Bonchev–Trinajstić information content (AvgIpc) is 2.49. The Hall–Kier alpha value is -0.0800. The van der Waals surface area contributed by atoms with Crippen molar-refractivity contribution in [2.45, 2.75) is 91.3 Å². The SMILES string of the molecule is CC(C)OC1CCC(CCCN2CCC(C(C)C)CC2)CC1. The molecule has 0 aromatic carbocycles. The van der Waals surface area contributed by atoms with Gasteiger partial charge in [0.25, 0.3) is 0 Å². The van der Waals surface area contributed by atoms with Gasteiger partial charge in [0.2, 0.25) is 0 Å². The van der Waals surface area contributed by atoms with Gasteiger partial charge in [-0.05, 0) is 103 Å². The summed E-state index contributed by atoms with van der Waals surface area (Å²) in [6.07, 6.45) is 12.0. The van der Waals surface area contributed by atoms with Gasteiger partial charge in [-0.2, -0.15) is 0 Å². The number of ether oxygens (including phenoxy) is 1. The molecule has 1 heterocycles. The Bertz CT molecular complexity index is 286. The molecule has 1 aliphatic heterocycles. The highest BCUT2D eigenvalue weighted by Gasteiger charge is 2.23. The smallest absolute Gasteiger partial charge is 0.0578 e. The van der Waals surface area contributed by atoms with Crippen molar-refractivity contribution in [2.75, 3.05) is 19.6 Å². The molecule has 0 spiro atoms. The maximum absolute atomic E-state index is 5.96. The molecule has 0 N–H and O–H groups in total. The van der Waals surface area contributed by atoms with Crippen molar-refractivity contribution in [1.29, 1.82) is 0 Å². The molecule has 1 saturated carbocycles. The van der Waals surface area contributed by atoms with Crippen molar-refractivity contribution >= 4 is 0 Å². The zero-order valence-corrected chi connectivity index (χ0v) is 15.5. The third-order valence-corrected chi connectivity index (χ3v) is 5.92.